The Morgan fingerprint density at radius 3 is 2.24 bits per heavy atom. The summed E-state index contributed by atoms with van der Waals surface area (Å²) in [5, 5.41) is 0. The van der Waals surface area contributed by atoms with Crippen LogP contribution in [0.1, 0.15) is 53.3 Å². The Bertz CT molecular complexity index is 613. The van der Waals surface area contributed by atoms with Gasteiger partial charge in [0.2, 0.25) is 0 Å². The van der Waals surface area contributed by atoms with Gasteiger partial charge < -0.3 is 5.73 Å². The zero-order valence-corrected chi connectivity index (χ0v) is 13.7. The third-order valence-electron chi connectivity index (χ3n) is 4.36. The Hall–Kier alpha value is -1.60. The van der Waals surface area contributed by atoms with E-state index in [1.807, 2.05) is 0 Å². The van der Waals surface area contributed by atoms with Gasteiger partial charge in [-0.15, -0.1) is 0 Å². The maximum absolute atomic E-state index is 6.46. The standard InChI is InChI=1S/C20H27N/c1-5-16-9-10-18(12-17(16)6-2)20(21)13-19-11-14(3)7-8-15(19)4/h7-12,20H,5-6,13,21H2,1-4H3. The fourth-order valence-corrected chi connectivity index (χ4v) is 2.93. The molecule has 0 amide bonds. The smallest absolute Gasteiger partial charge is 0.0335 e. The Balaban J connectivity index is 2.24. The lowest BCUT2D eigenvalue weighted by Gasteiger charge is -2.17. The van der Waals surface area contributed by atoms with Gasteiger partial charge in [0.25, 0.3) is 0 Å². The highest BCUT2D eigenvalue weighted by atomic mass is 14.6. The second-order valence-corrected chi connectivity index (χ2v) is 5.98. The molecule has 0 aromatic heterocycles. The fourth-order valence-electron chi connectivity index (χ4n) is 2.93. The molecule has 2 rings (SSSR count). The van der Waals surface area contributed by atoms with Gasteiger partial charge >= 0.3 is 0 Å². The monoisotopic (exact) mass is 281 g/mol. The normalized spacial score (nSPS) is 12.4. The van der Waals surface area contributed by atoms with Crippen molar-refractivity contribution < 1.29 is 0 Å². The van der Waals surface area contributed by atoms with Crippen LogP contribution in [-0.2, 0) is 19.3 Å². The first-order valence-corrected chi connectivity index (χ1v) is 7.98. The molecule has 0 saturated heterocycles. The van der Waals surface area contributed by atoms with E-state index in [4.69, 9.17) is 5.73 Å². The Kier molecular flexibility index (Phi) is 5.19. The fraction of sp³-hybridized carbons (Fsp3) is 0.400. The largest absolute Gasteiger partial charge is 0.324 e. The van der Waals surface area contributed by atoms with Crippen LogP contribution in [0.25, 0.3) is 0 Å². The summed E-state index contributed by atoms with van der Waals surface area (Å²) in [4.78, 5) is 0. The predicted octanol–water partition coefficient (Wildman–Crippen LogP) is 4.67. The van der Waals surface area contributed by atoms with Crippen LogP contribution in [0, 0.1) is 13.8 Å². The molecule has 0 aliphatic carbocycles. The number of rotatable bonds is 5. The highest BCUT2D eigenvalue weighted by Crippen LogP contribution is 2.22. The first kappa shape index (κ1) is 15.8. The molecule has 0 heterocycles. The van der Waals surface area contributed by atoms with Crippen LogP contribution in [-0.4, -0.2) is 0 Å². The minimum absolute atomic E-state index is 0.0710. The van der Waals surface area contributed by atoms with Gasteiger partial charge in [-0.3, -0.25) is 0 Å². The van der Waals surface area contributed by atoms with Crippen molar-refractivity contribution in [3.63, 3.8) is 0 Å². The summed E-state index contributed by atoms with van der Waals surface area (Å²) in [7, 11) is 0. The molecular weight excluding hydrogens is 254 g/mol. The summed E-state index contributed by atoms with van der Waals surface area (Å²) in [6.07, 6.45) is 3.07. The van der Waals surface area contributed by atoms with Gasteiger partial charge in [-0.25, -0.2) is 0 Å². The summed E-state index contributed by atoms with van der Waals surface area (Å²) >= 11 is 0. The summed E-state index contributed by atoms with van der Waals surface area (Å²) in [6, 6.07) is 13.4. The molecule has 1 heteroatoms. The molecule has 0 spiro atoms. The summed E-state index contributed by atoms with van der Waals surface area (Å²) in [6.45, 7) is 8.73. The quantitative estimate of drug-likeness (QED) is 0.846. The van der Waals surface area contributed by atoms with Crippen molar-refractivity contribution >= 4 is 0 Å². The lowest BCUT2D eigenvalue weighted by Crippen LogP contribution is -2.14. The lowest BCUT2D eigenvalue weighted by atomic mass is 9.92. The molecule has 1 atom stereocenters. The van der Waals surface area contributed by atoms with Crippen LogP contribution < -0.4 is 5.73 Å². The summed E-state index contributed by atoms with van der Waals surface area (Å²) in [5.41, 5.74) is 14.6. The van der Waals surface area contributed by atoms with Crippen LogP contribution in [0.2, 0.25) is 0 Å². The second-order valence-electron chi connectivity index (χ2n) is 5.98. The number of benzene rings is 2. The van der Waals surface area contributed by atoms with E-state index >= 15 is 0 Å². The minimum atomic E-state index is 0.0710. The third-order valence-corrected chi connectivity index (χ3v) is 4.36. The molecule has 0 saturated carbocycles. The second kappa shape index (κ2) is 6.91. The predicted molar refractivity (Wildman–Crippen MR) is 91.7 cm³/mol. The van der Waals surface area contributed by atoms with Gasteiger partial charge in [-0.2, -0.15) is 0 Å². The van der Waals surface area contributed by atoms with Crippen molar-refractivity contribution in [2.24, 2.45) is 5.73 Å². The Labute approximate surface area is 129 Å². The van der Waals surface area contributed by atoms with Gasteiger partial charge in [0, 0.05) is 6.04 Å². The van der Waals surface area contributed by atoms with E-state index in [0.717, 1.165) is 19.3 Å². The third kappa shape index (κ3) is 3.74. The summed E-state index contributed by atoms with van der Waals surface area (Å²) < 4.78 is 0. The Morgan fingerprint density at radius 1 is 0.857 bits per heavy atom. The van der Waals surface area contributed by atoms with E-state index in [2.05, 4.69) is 64.1 Å². The number of hydrogen-bond acceptors (Lipinski definition) is 1. The van der Waals surface area contributed by atoms with Crippen molar-refractivity contribution in [2.45, 2.75) is 53.0 Å². The summed E-state index contributed by atoms with van der Waals surface area (Å²) in [5.74, 6) is 0. The van der Waals surface area contributed by atoms with Gasteiger partial charge in [-0.05, 0) is 60.9 Å². The maximum atomic E-state index is 6.46. The first-order valence-electron chi connectivity index (χ1n) is 7.98. The van der Waals surface area contributed by atoms with E-state index in [0.29, 0.717) is 0 Å². The van der Waals surface area contributed by atoms with Crippen LogP contribution in [0.5, 0.6) is 0 Å². The molecule has 0 fully saturated rings. The average molecular weight is 281 g/mol. The average Bonchev–Trinajstić information content (AvgIpc) is 2.50. The SMILES string of the molecule is CCc1ccc(C(N)Cc2cc(C)ccc2C)cc1CC. The molecule has 2 aromatic carbocycles. The van der Waals surface area contributed by atoms with Crippen molar-refractivity contribution in [3.8, 4) is 0 Å². The molecule has 1 unspecified atom stereocenters. The zero-order valence-electron chi connectivity index (χ0n) is 13.7. The molecule has 2 N–H and O–H groups in total. The van der Waals surface area contributed by atoms with Gasteiger partial charge in [0.1, 0.15) is 0 Å². The molecule has 21 heavy (non-hydrogen) atoms. The maximum Gasteiger partial charge on any atom is 0.0335 e. The van der Waals surface area contributed by atoms with E-state index in [9.17, 15) is 0 Å². The van der Waals surface area contributed by atoms with Crippen molar-refractivity contribution in [2.75, 3.05) is 0 Å². The number of nitrogens with two attached hydrogens (primary N) is 1. The molecule has 0 aliphatic rings. The van der Waals surface area contributed by atoms with E-state index in [-0.39, 0.29) is 6.04 Å². The highest BCUT2D eigenvalue weighted by Gasteiger charge is 2.11. The highest BCUT2D eigenvalue weighted by molar-refractivity contribution is 5.36. The van der Waals surface area contributed by atoms with Crippen LogP contribution >= 0.6 is 0 Å². The molecule has 0 aliphatic heterocycles. The van der Waals surface area contributed by atoms with Crippen LogP contribution in [0.4, 0.5) is 0 Å². The van der Waals surface area contributed by atoms with Gasteiger partial charge in [0.15, 0.2) is 0 Å². The molecular formula is C20H27N. The van der Waals surface area contributed by atoms with Gasteiger partial charge in [-0.1, -0.05) is 55.8 Å². The zero-order chi connectivity index (χ0) is 15.4. The van der Waals surface area contributed by atoms with Crippen molar-refractivity contribution in [1.82, 2.24) is 0 Å². The molecule has 1 nitrogen and oxygen atoms in total. The number of aryl methyl sites for hydroxylation is 4. The van der Waals surface area contributed by atoms with E-state index in [1.165, 1.54) is 33.4 Å². The number of hydrogen-bond donors (Lipinski definition) is 1. The van der Waals surface area contributed by atoms with Crippen LogP contribution in [0.15, 0.2) is 36.4 Å². The topological polar surface area (TPSA) is 26.0 Å². The molecule has 0 radical (unpaired) electrons. The minimum Gasteiger partial charge on any atom is -0.324 e. The van der Waals surface area contributed by atoms with E-state index in [1.54, 1.807) is 0 Å². The first-order chi connectivity index (χ1) is 10.0. The van der Waals surface area contributed by atoms with E-state index < -0.39 is 0 Å². The van der Waals surface area contributed by atoms with Crippen LogP contribution in [0.3, 0.4) is 0 Å². The molecule has 112 valence electrons. The van der Waals surface area contributed by atoms with Crippen molar-refractivity contribution in [3.05, 3.63) is 69.8 Å². The Morgan fingerprint density at radius 2 is 1.57 bits per heavy atom. The van der Waals surface area contributed by atoms with Crippen molar-refractivity contribution in [1.29, 1.82) is 0 Å². The molecule has 0 bridgehead atoms. The van der Waals surface area contributed by atoms with Gasteiger partial charge in [0.05, 0.1) is 0 Å². The molecule has 2 aromatic rings. The lowest BCUT2D eigenvalue weighted by molar-refractivity contribution is 0.716.